The molecule has 6 heteroatoms. The first-order valence-electron chi connectivity index (χ1n) is 3.86. The fourth-order valence-corrected chi connectivity index (χ4v) is 1.43. The van der Waals surface area contributed by atoms with E-state index in [2.05, 4.69) is 9.97 Å². The highest BCUT2D eigenvalue weighted by Crippen LogP contribution is 2.17. The summed E-state index contributed by atoms with van der Waals surface area (Å²) in [5.41, 5.74) is 0.904. The second-order valence-electron chi connectivity index (χ2n) is 2.72. The zero-order chi connectivity index (χ0) is 10.1. The lowest BCUT2D eigenvalue weighted by atomic mass is 10.3. The highest BCUT2D eigenvalue weighted by molar-refractivity contribution is 6.30. The largest absolute Gasteiger partial charge is 0.481 e. The van der Waals surface area contributed by atoms with Crippen LogP contribution in [0.4, 0.5) is 0 Å². The third-order valence-electron chi connectivity index (χ3n) is 1.76. The molecular formula is C8H6ClN3O2. The molecule has 0 saturated carbocycles. The number of hydrogen-bond donors (Lipinski definition) is 1. The lowest BCUT2D eigenvalue weighted by Gasteiger charge is -1.92. The van der Waals surface area contributed by atoms with Crippen molar-refractivity contribution in [1.82, 2.24) is 14.4 Å². The fraction of sp³-hybridized carbons (Fsp3) is 0.125. The van der Waals surface area contributed by atoms with Crippen molar-refractivity contribution >= 4 is 23.2 Å². The van der Waals surface area contributed by atoms with Gasteiger partial charge in [-0.15, -0.1) is 0 Å². The predicted molar refractivity (Wildman–Crippen MR) is 49.3 cm³/mol. The van der Waals surface area contributed by atoms with Gasteiger partial charge in [-0.1, -0.05) is 11.6 Å². The molecule has 0 radical (unpaired) electrons. The number of carboxylic acids is 1. The van der Waals surface area contributed by atoms with Gasteiger partial charge in [0.15, 0.2) is 5.65 Å². The molecule has 0 spiro atoms. The van der Waals surface area contributed by atoms with Crippen LogP contribution in [0.2, 0.25) is 5.15 Å². The molecule has 2 rings (SSSR count). The number of rotatable bonds is 2. The Morgan fingerprint density at radius 2 is 2.43 bits per heavy atom. The maximum atomic E-state index is 10.5. The molecule has 0 atom stereocenters. The highest BCUT2D eigenvalue weighted by Gasteiger charge is 2.12. The van der Waals surface area contributed by atoms with E-state index in [1.807, 2.05) is 0 Å². The van der Waals surface area contributed by atoms with Crippen molar-refractivity contribution in [3.8, 4) is 0 Å². The molecule has 0 saturated heterocycles. The van der Waals surface area contributed by atoms with Gasteiger partial charge < -0.3 is 5.11 Å². The smallest absolute Gasteiger partial charge is 0.309 e. The molecule has 0 aromatic carbocycles. The van der Waals surface area contributed by atoms with E-state index in [4.69, 9.17) is 16.7 Å². The third kappa shape index (κ3) is 1.42. The third-order valence-corrected chi connectivity index (χ3v) is 2.16. The van der Waals surface area contributed by atoms with E-state index in [1.165, 1.54) is 6.20 Å². The normalized spacial score (nSPS) is 10.6. The van der Waals surface area contributed by atoms with Crippen LogP contribution in [0, 0.1) is 0 Å². The van der Waals surface area contributed by atoms with Crippen LogP contribution >= 0.6 is 11.6 Å². The predicted octanol–water partition coefficient (Wildman–Crippen LogP) is 1.01. The lowest BCUT2D eigenvalue weighted by Crippen LogP contribution is -2.00. The standard InChI is InChI=1S/C8H6ClN3O2/c9-8-5(3-7(13)14)11-6-4-10-1-2-12(6)8/h1-2,4H,3H2,(H,13,14). The first kappa shape index (κ1) is 8.96. The Hall–Kier alpha value is -1.62. The van der Waals surface area contributed by atoms with Crippen LogP contribution in [0.1, 0.15) is 5.69 Å². The van der Waals surface area contributed by atoms with Gasteiger partial charge in [-0.2, -0.15) is 0 Å². The number of fused-ring (bicyclic) bond motifs is 1. The summed E-state index contributed by atoms with van der Waals surface area (Å²) in [4.78, 5) is 18.4. The van der Waals surface area contributed by atoms with E-state index < -0.39 is 5.97 Å². The summed E-state index contributed by atoms with van der Waals surface area (Å²) in [6.07, 6.45) is 4.54. The van der Waals surface area contributed by atoms with E-state index in [-0.39, 0.29) is 6.42 Å². The molecular weight excluding hydrogens is 206 g/mol. The molecule has 0 amide bonds. The molecule has 0 aliphatic rings. The van der Waals surface area contributed by atoms with Gasteiger partial charge >= 0.3 is 5.97 Å². The molecule has 2 aromatic rings. The van der Waals surface area contributed by atoms with Crippen molar-refractivity contribution in [2.45, 2.75) is 6.42 Å². The quantitative estimate of drug-likeness (QED) is 0.805. The van der Waals surface area contributed by atoms with E-state index >= 15 is 0 Å². The van der Waals surface area contributed by atoms with Gasteiger partial charge in [-0.3, -0.25) is 14.2 Å². The van der Waals surface area contributed by atoms with Crippen LogP contribution in [0.25, 0.3) is 5.65 Å². The summed E-state index contributed by atoms with van der Waals surface area (Å²) in [6, 6.07) is 0. The number of hydrogen-bond acceptors (Lipinski definition) is 3. The molecule has 0 fully saturated rings. The Bertz CT molecular complexity index is 494. The van der Waals surface area contributed by atoms with Crippen LogP contribution in [-0.4, -0.2) is 25.4 Å². The summed E-state index contributed by atoms with van der Waals surface area (Å²) < 4.78 is 1.59. The van der Waals surface area contributed by atoms with Gasteiger partial charge in [0.2, 0.25) is 0 Å². The Labute approximate surface area is 84.0 Å². The average molecular weight is 212 g/mol. The average Bonchev–Trinajstić information content (AvgIpc) is 2.44. The van der Waals surface area contributed by atoms with E-state index in [0.717, 1.165) is 0 Å². The lowest BCUT2D eigenvalue weighted by molar-refractivity contribution is -0.136. The molecule has 14 heavy (non-hydrogen) atoms. The summed E-state index contributed by atoms with van der Waals surface area (Å²) in [6.45, 7) is 0. The summed E-state index contributed by atoms with van der Waals surface area (Å²) >= 11 is 5.91. The Balaban J connectivity index is 2.57. The minimum Gasteiger partial charge on any atom is -0.481 e. The number of nitrogens with zero attached hydrogens (tertiary/aromatic N) is 3. The molecule has 1 N–H and O–H groups in total. The first-order valence-corrected chi connectivity index (χ1v) is 4.24. The molecule has 0 aliphatic carbocycles. The fourth-order valence-electron chi connectivity index (χ4n) is 1.18. The number of carboxylic acid groups (broad SMARTS) is 1. The topological polar surface area (TPSA) is 67.5 Å². The monoisotopic (exact) mass is 211 g/mol. The Morgan fingerprint density at radius 3 is 3.07 bits per heavy atom. The zero-order valence-electron chi connectivity index (χ0n) is 7.01. The SMILES string of the molecule is O=C(O)Cc1nc2cnccn2c1Cl. The van der Waals surface area contributed by atoms with E-state index in [0.29, 0.717) is 16.5 Å². The van der Waals surface area contributed by atoms with Crippen molar-refractivity contribution < 1.29 is 9.90 Å². The van der Waals surface area contributed by atoms with Crippen molar-refractivity contribution in [1.29, 1.82) is 0 Å². The summed E-state index contributed by atoms with van der Waals surface area (Å²) in [5, 5.41) is 8.92. The number of aromatic nitrogens is 3. The number of aliphatic carboxylic acids is 1. The van der Waals surface area contributed by atoms with E-state index in [9.17, 15) is 4.79 Å². The zero-order valence-corrected chi connectivity index (χ0v) is 7.77. The summed E-state index contributed by atoms with van der Waals surface area (Å²) in [7, 11) is 0. The number of halogens is 1. The van der Waals surface area contributed by atoms with Gasteiger partial charge in [0.05, 0.1) is 18.3 Å². The van der Waals surface area contributed by atoms with Gasteiger partial charge in [-0.05, 0) is 0 Å². The van der Waals surface area contributed by atoms with Crippen molar-refractivity contribution in [2.75, 3.05) is 0 Å². The second kappa shape index (κ2) is 3.26. The molecule has 0 bridgehead atoms. The van der Waals surface area contributed by atoms with Crippen molar-refractivity contribution in [3.63, 3.8) is 0 Å². The molecule has 72 valence electrons. The van der Waals surface area contributed by atoms with Crippen LogP contribution in [-0.2, 0) is 11.2 Å². The maximum absolute atomic E-state index is 10.5. The Kier molecular flexibility index (Phi) is 2.09. The van der Waals surface area contributed by atoms with Gasteiger partial charge in [-0.25, -0.2) is 4.98 Å². The first-order chi connectivity index (χ1) is 6.68. The second-order valence-corrected chi connectivity index (χ2v) is 3.08. The minimum atomic E-state index is -0.955. The summed E-state index contributed by atoms with van der Waals surface area (Å²) in [5.74, 6) is -0.955. The van der Waals surface area contributed by atoms with E-state index in [1.54, 1.807) is 16.8 Å². The van der Waals surface area contributed by atoms with Crippen molar-refractivity contribution in [3.05, 3.63) is 29.4 Å². The number of imidazole rings is 1. The van der Waals surface area contributed by atoms with Crippen LogP contribution in [0.15, 0.2) is 18.6 Å². The molecule has 0 unspecified atom stereocenters. The van der Waals surface area contributed by atoms with Crippen molar-refractivity contribution in [2.24, 2.45) is 0 Å². The minimum absolute atomic E-state index is 0.180. The Morgan fingerprint density at radius 1 is 1.64 bits per heavy atom. The number of carbonyl (C=O) groups is 1. The van der Waals surface area contributed by atoms with Crippen LogP contribution < -0.4 is 0 Å². The van der Waals surface area contributed by atoms with Crippen LogP contribution in [0.3, 0.4) is 0 Å². The molecule has 2 aromatic heterocycles. The maximum Gasteiger partial charge on any atom is 0.309 e. The molecule has 5 nitrogen and oxygen atoms in total. The molecule has 0 aliphatic heterocycles. The van der Waals surface area contributed by atoms with Gasteiger partial charge in [0.25, 0.3) is 0 Å². The highest BCUT2D eigenvalue weighted by atomic mass is 35.5. The van der Waals surface area contributed by atoms with Gasteiger partial charge in [0, 0.05) is 12.4 Å². The van der Waals surface area contributed by atoms with Crippen LogP contribution in [0.5, 0.6) is 0 Å². The van der Waals surface area contributed by atoms with Gasteiger partial charge in [0.1, 0.15) is 5.15 Å². The molecule has 2 heterocycles.